The zero-order valence-electron chi connectivity index (χ0n) is 23.7. The molecule has 0 radical (unpaired) electrons. The molecule has 5 aliphatic carbocycles. The van der Waals surface area contributed by atoms with E-state index in [2.05, 4.69) is 54.5 Å². The maximum Gasteiger partial charge on any atom is 0.140 e. The van der Waals surface area contributed by atoms with Crippen LogP contribution < -0.4 is 0 Å². The first kappa shape index (κ1) is 26.0. The van der Waals surface area contributed by atoms with Crippen molar-refractivity contribution in [2.24, 2.45) is 69.5 Å². The summed E-state index contributed by atoms with van der Waals surface area (Å²) in [6.07, 6.45) is 9.48. The molecule has 14 atom stereocenters. The first-order chi connectivity index (χ1) is 16.2. The van der Waals surface area contributed by atoms with Gasteiger partial charge in [-0.05, 0) is 105 Å². The average molecular weight is 485 g/mol. The van der Waals surface area contributed by atoms with Crippen LogP contribution in [-0.2, 0) is 4.79 Å². The summed E-state index contributed by atoms with van der Waals surface area (Å²) in [5, 5.41) is 22.5. The van der Waals surface area contributed by atoms with Crippen molar-refractivity contribution in [1.82, 2.24) is 0 Å². The van der Waals surface area contributed by atoms with Crippen molar-refractivity contribution in [2.75, 3.05) is 0 Å². The molecule has 3 nitrogen and oxygen atoms in total. The Kier molecular flexibility index (Phi) is 6.24. The second-order valence-electron chi connectivity index (χ2n) is 15.1. The number of aliphatic hydroxyl groups is 2. The summed E-state index contributed by atoms with van der Waals surface area (Å²) in [5.74, 6) is 3.41. The Morgan fingerprint density at radius 1 is 1.03 bits per heavy atom. The number of hydrogen-bond acceptors (Lipinski definition) is 3. The number of allylic oxidation sites excluding steroid dienone is 2. The first-order valence-electron chi connectivity index (χ1n) is 14.8. The molecule has 2 N–H and O–H groups in total. The van der Waals surface area contributed by atoms with Gasteiger partial charge in [0.05, 0.1) is 12.2 Å². The molecule has 0 saturated heterocycles. The van der Waals surface area contributed by atoms with Crippen molar-refractivity contribution in [1.29, 1.82) is 0 Å². The molecule has 0 aromatic carbocycles. The number of rotatable bonds is 2. The van der Waals surface area contributed by atoms with Gasteiger partial charge in [-0.1, -0.05) is 53.2 Å². The van der Waals surface area contributed by atoms with E-state index >= 15 is 0 Å². The summed E-state index contributed by atoms with van der Waals surface area (Å²) in [7, 11) is 0. The van der Waals surface area contributed by atoms with Gasteiger partial charge in [0, 0.05) is 23.2 Å². The quantitative estimate of drug-likeness (QED) is 0.431. The molecule has 0 amide bonds. The van der Waals surface area contributed by atoms with Crippen LogP contribution >= 0.6 is 0 Å². The highest BCUT2D eigenvalue weighted by molar-refractivity contribution is 5.86. The van der Waals surface area contributed by atoms with Gasteiger partial charge in [-0.25, -0.2) is 0 Å². The second-order valence-corrected chi connectivity index (χ2v) is 15.1. The summed E-state index contributed by atoms with van der Waals surface area (Å²) in [4.78, 5) is 14.6. The van der Waals surface area contributed by atoms with Crippen LogP contribution in [0.3, 0.4) is 0 Å². The van der Waals surface area contributed by atoms with Crippen LogP contribution in [0.25, 0.3) is 0 Å². The van der Waals surface area contributed by atoms with Crippen LogP contribution in [0.5, 0.6) is 0 Å². The molecule has 0 aromatic heterocycles. The van der Waals surface area contributed by atoms with Gasteiger partial charge in [-0.2, -0.15) is 0 Å². The molecule has 5 aliphatic rings. The molecule has 14 unspecified atom stereocenters. The molecule has 0 aromatic rings. The van der Waals surface area contributed by atoms with Gasteiger partial charge in [-0.3, -0.25) is 4.79 Å². The predicted molar refractivity (Wildman–Crippen MR) is 142 cm³/mol. The number of Topliss-reactive ketones (excluding diaryl/α,β-unsaturated/α-hetero) is 1. The Morgan fingerprint density at radius 2 is 1.71 bits per heavy atom. The highest BCUT2D eigenvalue weighted by atomic mass is 16.3. The summed E-state index contributed by atoms with van der Waals surface area (Å²) >= 11 is 0. The van der Waals surface area contributed by atoms with Crippen LogP contribution in [0, 0.1) is 69.5 Å². The third-order valence-electron chi connectivity index (χ3n) is 13.1. The van der Waals surface area contributed by atoms with Crippen molar-refractivity contribution in [3.8, 4) is 0 Å². The highest BCUT2D eigenvalue weighted by Crippen LogP contribution is 2.72. The fourth-order valence-corrected chi connectivity index (χ4v) is 11.6. The fourth-order valence-electron chi connectivity index (χ4n) is 11.6. The third-order valence-corrected chi connectivity index (χ3v) is 13.1. The summed E-state index contributed by atoms with van der Waals surface area (Å²) in [6, 6.07) is 0. The van der Waals surface area contributed by atoms with E-state index in [1.54, 1.807) is 5.57 Å². The van der Waals surface area contributed by atoms with Gasteiger partial charge in [0.25, 0.3) is 0 Å². The normalized spacial score (nSPS) is 57.1. The molecule has 4 fully saturated rings. The molecule has 0 spiro atoms. The van der Waals surface area contributed by atoms with E-state index in [4.69, 9.17) is 0 Å². The van der Waals surface area contributed by atoms with E-state index in [9.17, 15) is 15.0 Å². The van der Waals surface area contributed by atoms with E-state index in [1.165, 1.54) is 32.1 Å². The zero-order valence-corrected chi connectivity index (χ0v) is 23.7. The van der Waals surface area contributed by atoms with E-state index in [1.807, 2.05) is 6.92 Å². The molecular weight excluding hydrogens is 432 g/mol. The smallest absolute Gasteiger partial charge is 0.140 e. The van der Waals surface area contributed by atoms with E-state index in [0.29, 0.717) is 23.5 Å². The summed E-state index contributed by atoms with van der Waals surface area (Å²) in [6.45, 7) is 18.1. The lowest BCUT2D eigenvalue weighted by Gasteiger charge is -2.70. The third kappa shape index (κ3) is 3.53. The van der Waals surface area contributed by atoms with Gasteiger partial charge >= 0.3 is 0 Å². The van der Waals surface area contributed by atoms with Crippen molar-refractivity contribution in [3.05, 3.63) is 11.6 Å². The van der Waals surface area contributed by atoms with Crippen molar-refractivity contribution in [2.45, 2.75) is 113 Å². The zero-order chi connectivity index (χ0) is 25.7. The van der Waals surface area contributed by atoms with Crippen molar-refractivity contribution in [3.63, 3.8) is 0 Å². The first-order valence-corrected chi connectivity index (χ1v) is 14.8. The molecular formula is C32H52O3. The SMILES string of the molecule is CC1=CCC(C2CCC(C)C3C(=O)C4C(C)C5(C)C(O)C(C(C)O)C(C)CC5(C)CC4(C)CC23)C1. The van der Waals surface area contributed by atoms with Gasteiger partial charge in [0.2, 0.25) is 0 Å². The largest absolute Gasteiger partial charge is 0.393 e. The van der Waals surface area contributed by atoms with Crippen molar-refractivity contribution < 1.29 is 15.0 Å². The van der Waals surface area contributed by atoms with Crippen LogP contribution in [0.4, 0.5) is 0 Å². The lowest BCUT2D eigenvalue weighted by Crippen LogP contribution is -2.69. The monoisotopic (exact) mass is 484 g/mol. The van der Waals surface area contributed by atoms with Gasteiger partial charge in [-0.15, -0.1) is 0 Å². The topological polar surface area (TPSA) is 57.5 Å². The van der Waals surface area contributed by atoms with Crippen LogP contribution in [0.2, 0.25) is 0 Å². The van der Waals surface area contributed by atoms with Crippen LogP contribution in [0.1, 0.15) is 100 Å². The minimum Gasteiger partial charge on any atom is -0.393 e. The van der Waals surface area contributed by atoms with Gasteiger partial charge in [0.1, 0.15) is 5.78 Å². The lowest BCUT2D eigenvalue weighted by molar-refractivity contribution is -0.252. The van der Waals surface area contributed by atoms with Crippen LogP contribution in [0.15, 0.2) is 11.6 Å². The standard InChI is InChI=1S/C32H52O3/c1-17-9-11-22(13-17)23-12-10-18(2)26-24(23)15-30(6)16-31(7)14-19(3)25(21(5)33)29(35)32(31,8)20(4)27(30)28(26)34/h9,18-27,29,33,35H,10-16H2,1-8H3. The highest BCUT2D eigenvalue weighted by Gasteiger charge is 2.70. The molecule has 0 heterocycles. The molecule has 4 saturated carbocycles. The van der Waals surface area contributed by atoms with Crippen molar-refractivity contribution >= 4 is 5.78 Å². The van der Waals surface area contributed by atoms with E-state index in [-0.39, 0.29) is 45.8 Å². The van der Waals surface area contributed by atoms with Gasteiger partial charge in [0.15, 0.2) is 0 Å². The predicted octanol–water partition coefficient (Wildman–Crippen LogP) is 6.67. The molecule has 0 aliphatic heterocycles. The van der Waals surface area contributed by atoms with Crippen LogP contribution in [-0.4, -0.2) is 28.2 Å². The van der Waals surface area contributed by atoms with E-state index < -0.39 is 12.2 Å². The molecule has 0 bridgehead atoms. The number of fused-ring (bicyclic) bond motifs is 3. The summed E-state index contributed by atoms with van der Waals surface area (Å²) < 4.78 is 0. The number of carbonyl (C=O) groups excluding carboxylic acids is 1. The number of aliphatic hydroxyl groups excluding tert-OH is 2. The second kappa shape index (κ2) is 8.42. The molecule has 5 rings (SSSR count). The Labute approximate surface area is 214 Å². The number of ketones is 1. The average Bonchev–Trinajstić information content (AvgIpc) is 3.16. The Bertz CT molecular complexity index is 891. The summed E-state index contributed by atoms with van der Waals surface area (Å²) in [5.41, 5.74) is 1.15. The maximum absolute atomic E-state index is 14.6. The molecule has 3 heteroatoms. The Morgan fingerprint density at radius 3 is 2.31 bits per heavy atom. The van der Waals surface area contributed by atoms with E-state index in [0.717, 1.165) is 18.8 Å². The Hall–Kier alpha value is -0.670. The lowest BCUT2D eigenvalue weighted by atomic mass is 9.34. The fraction of sp³-hybridized carbons (Fsp3) is 0.906. The maximum atomic E-state index is 14.6. The number of hydrogen-bond donors (Lipinski definition) is 2. The minimum absolute atomic E-state index is 0.000574. The Balaban J connectivity index is 1.53. The number of carbonyl (C=O) groups is 1. The minimum atomic E-state index is -0.578. The van der Waals surface area contributed by atoms with Gasteiger partial charge < -0.3 is 10.2 Å². The molecule has 35 heavy (non-hydrogen) atoms. The molecule has 198 valence electrons.